The Hall–Kier alpha value is -6.84. The number of para-hydroxylation sites is 2. The highest BCUT2D eigenvalue weighted by atomic mass is 16.3. The van der Waals surface area contributed by atoms with Crippen LogP contribution in [0.3, 0.4) is 0 Å². The Bertz CT molecular complexity index is 2890. The van der Waals surface area contributed by atoms with Crippen molar-refractivity contribution >= 4 is 43.5 Å². The third kappa shape index (κ3) is 5.06. The molecule has 0 spiro atoms. The monoisotopic (exact) mass is 650 g/mol. The molecule has 0 aliphatic heterocycles. The molecular formula is C48H30N2O. The highest BCUT2D eigenvalue weighted by molar-refractivity contribution is 6.14. The van der Waals surface area contributed by atoms with E-state index in [2.05, 4.69) is 158 Å². The predicted molar refractivity (Wildman–Crippen MR) is 212 cm³/mol. The summed E-state index contributed by atoms with van der Waals surface area (Å²) in [7, 11) is 0. The van der Waals surface area contributed by atoms with Crippen LogP contribution in [0, 0.1) is 0 Å². The first-order valence-electron chi connectivity index (χ1n) is 17.2. The predicted octanol–water partition coefficient (Wildman–Crippen LogP) is 13.0. The van der Waals surface area contributed by atoms with E-state index in [0.29, 0.717) is 5.82 Å². The van der Waals surface area contributed by atoms with Gasteiger partial charge >= 0.3 is 0 Å². The zero-order chi connectivity index (χ0) is 33.7. The topological polar surface area (TPSA) is 38.9 Å². The zero-order valence-corrected chi connectivity index (χ0v) is 27.6. The summed E-state index contributed by atoms with van der Waals surface area (Å²) in [6, 6.07) is 63.8. The van der Waals surface area contributed by atoms with Crippen LogP contribution in [0.1, 0.15) is 0 Å². The second kappa shape index (κ2) is 11.9. The van der Waals surface area contributed by atoms with Gasteiger partial charge in [-0.2, -0.15) is 0 Å². The summed E-state index contributed by atoms with van der Waals surface area (Å²) < 4.78 is 6.46. The van der Waals surface area contributed by atoms with Crippen LogP contribution in [0.25, 0.3) is 99.6 Å². The fourth-order valence-electron chi connectivity index (χ4n) is 7.37. The molecule has 0 amide bonds. The molecule has 0 radical (unpaired) electrons. The minimum absolute atomic E-state index is 0.665. The fourth-order valence-corrected chi connectivity index (χ4v) is 7.37. The van der Waals surface area contributed by atoms with E-state index in [1.54, 1.807) is 0 Å². The van der Waals surface area contributed by atoms with Crippen molar-refractivity contribution in [3.8, 4) is 56.2 Å². The van der Waals surface area contributed by atoms with Gasteiger partial charge in [0.15, 0.2) is 5.82 Å². The molecular weight excluding hydrogens is 621 g/mol. The molecule has 3 nitrogen and oxygen atoms in total. The first-order chi connectivity index (χ1) is 25.3. The highest BCUT2D eigenvalue weighted by Gasteiger charge is 2.17. The van der Waals surface area contributed by atoms with Crippen molar-refractivity contribution in [3.05, 3.63) is 182 Å². The summed E-state index contributed by atoms with van der Waals surface area (Å²) in [6.07, 6.45) is 0. The summed E-state index contributed by atoms with van der Waals surface area (Å²) in [6.45, 7) is 0. The summed E-state index contributed by atoms with van der Waals surface area (Å²) in [5.74, 6) is 0.665. The number of nitrogens with zero attached hydrogens (tertiary/aromatic N) is 2. The van der Waals surface area contributed by atoms with Crippen molar-refractivity contribution in [2.45, 2.75) is 0 Å². The molecule has 2 aromatic heterocycles. The van der Waals surface area contributed by atoms with Crippen LogP contribution in [0.5, 0.6) is 0 Å². The maximum atomic E-state index is 6.46. The third-order valence-electron chi connectivity index (χ3n) is 9.92. The van der Waals surface area contributed by atoms with Crippen LogP contribution in [0.2, 0.25) is 0 Å². The Balaban J connectivity index is 1.12. The third-order valence-corrected chi connectivity index (χ3v) is 9.92. The number of fused-ring (bicyclic) bond motifs is 6. The highest BCUT2D eigenvalue weighted by Crippen LogP contribution is 2.38. The maximum Gasteiger partial charge on any atom is 0.160 e. The Morgan fingerprint density at radius 2 is 0.922 bits per heavy atom. The summed E-state index contributed by atoms with van der Waals surface area (Å²) in [4.78, 5) is 10.4. The average Bonchev–Trinajstić information content (AvgIpc) is 3.60. The molecule has 0 atom stereocenters. The smallest absolute Gasteiger partial charge is 0.160 e. The molecule has 0 saturated carbocycles. The first-order valence-corrected chi connectivity index (χ1v) is 17.2. The number of aromatic nitrogens is 2. The molecule has 0 fully saturated rings. The molecule has 10 rings (SSSR count). The number of benzene rings is 8. The van der Waals surface area contributed by atoms with Crippen LogP contribution < -0.4 is 0 Å². The largest absolute Gasteiger partial charge is 0.455 e. The van der Waals surface area contributed by atoms with E-state index >= 15 is 0 Å². The zero-order valence-electron chi connectivity index (χ0n) is 27.6. The number of hydrogen-bond donors (Lipinski definition) is 0. The summed E-state index contributed by atoms with van der Waals surface area (Å²) in [5.41, 5.74) is 11.0. The maximum absolute atomic E-state index is 6.46. The van der Waals surface area contributed by atoms with Gasteiger partial charge in [0.05, 0.1) is 11.4 Å². The van der Waals surface area contributed by atoms with Gasteiger partial charge in [-0.25, -0.2) is 9.97 Å². The average molecular weight is 651 g/mol. The van der Waals surface area contributed by atoms with Crippen LogP contribution in [-0.2, 0) is 0 Å². The Kier molecular flexibility index (Phi) is 6.81. The van der Waals surface area contributed by atoms with Crippen LogP contribution in [-0.4, -0.2) is 9.97 Å². The van der Waals surface area contributed by atoms with E-state index in [0.717, 1.165) is 61.1 Å². The molecule has 2 heterocycles. The Labute approximate surface area is 295 Å². The summed E-state index contributed by atoms with van der Waals surface area (Å²) in [5, 5.41) is 7.16. The van der Waals surface area contributed by atoms with Crippen molar-refractivity contribution in [3.63, 3.8) is 0 Å². The SMILES string of the molecule is c1ccc(-c2ccc(-c3cc(-c4cccc5c4oc4ccccc45)nc(-c4ccc(-c5cc6ccccc6c6ccccc56)cc4)n3)cc2)cc1. The number of furan rings is 1. The lowest BCUT2D eigenvalue weighted by Gasteiger charge is -2.13. The molecule has 51 heavy (non-hydrogen) atoms. The lowest BCUT2D eigenvalue weighted by Crippen LogP contribution is -1.96. The van der Waals surface area contributed by atoms with E-state index in [1.807, 2.05) is 24.3 Å². The lowest BCUT2D eigenvalue weighted by molar-refractivity contribution is 0.670. The van der Waals surface area contributed by atoms with Crippen LogP contribution in [0.4, 0.5) is 0 Å². The molecule has 3 heteroatoms. The van der Waals surface area contributed by atoms with Crippen LogP contribution in [0.15, 0.2) is 186 Å². The molecule has 0 N–H and O–H groups in total. The molecule has 0 bridgehead atoms. The van der Waals surface area contributed by atoms with Crippen molar-refractivity contribution in [2.75, 3.05) is 0 Å². The van der Waals surface area contributed by atoms with Gasteiger partial charge in [0.2, 0.25) is 0 Å². The molecule has 10 aromatic rings. The Morgan fingerprint density at radius 3 is 1.75 bits per heavy atom. The second-order valence-electron chi connectivity index (χ2n) is 13.0. The number of rotatable bonds is 5. The van der Waals surface area contributed by atoms with Gasteiger partial charge in [0.1, 0.15) is 11.2 Å². The molecule has 0 saturated heterocycles. The van der Waals surface area contributed by atoms with Gasteiger partial charge in [0.25, 0.3) is 0 Å². The van der Waals surface area contributed by atoms with Crippen molar-refractivity contribution in [1.29, 1.82) is 0 Å². The first kappa shape index (κ1) is 29.1. The molecule has 8 aromatic carbocycles. The Morgan fingerprint density at radius 1 is 0.333 bits per heavy atom. The van der Waals surface area contributed by atoms with E-state index in [-0.39, 0.29) is 0 Å². The quantitative estimate of drug-likeness (QED) is 0.174. The molecule has 0 aliphatic carbocycles. The van der Waals surface area contributed by atoms with E-state index in [1.165, 1.54) is 32.7 Å². The van der Waals surface area contributed by atoms with Gasteiger partial charge < -0.3 is 4.42 Å². The van der Waals surface area contributed by atoms with Gasteiger partial charge in [-0.3, -0.25) is 0 Å². The molecule has 0 aliphatic rings. The lowest BCUT2D eigenvalue weighted by atomic mass is 9.93. The van der Waals surface area contributed by atoms with Crippen molar-refractivity contribution in [2.24, 2.45) is 0 Å². The molecule has 238 valence electrons. The van der Waals surface area contributed by atoms with E-state index < -0.39 is 0 Å². The van der Waals surface area contributed by atoms with Crippen LogP contribution >= 0.6 is 0 Å². The fraction of sp³-hybridized carbons (Fsp3) is 0. The molecule has 0 unspecified atom stereocenters. The van der Waals surface area contributed by atoms with Gasteiger partial charge in [-0.15, -0.1) is 0 Å². The normalized spacial score (nSPS) is 11.5. The minimum atomic E-state index is 0.665. The van der Waals surface area contributed by atoms with Gasteiger partial charge in [-0.05, 0) is 68.1 Å². The van der Waals surface area contributed by atoms with Crippen molar-refractivity contribution in [1.82, 2.24) is 9.97 Å². The van der Waals surface area contributed by atoms with E-state index in [9.17, 15) is 0 Å². The van der Waals surface area contributed by atoms with Gasteiger partial charge in [-0.1, -0.05) is 158 Å². The van der Waals surface area contributed by atoms with E-state index in [4.69, 9.17) is 14.4 Å². The van der Waals surface area contributed by atoms with Gasteiger partial charge in [0, 0.05) is 27.5 Å². The number of hydrogen-bond acceptors (Lipinski definition) is 3. The standard InChI is InChI=1S/C48H30N2O/c1-2-11-31(12-3-1)32-21-25-34(26-22-32)44-30-45(42-19-10-18-41-40-17-8-9-20-46(40)51-47(41)42)50-48(49-44)35-27-23-33(24-28-35)43-29-36-13-4-5-14-37(36)38-15-6-7-16-39(38)43/h1-30H. The summed E-state index contributed by atoms with van der Waals surface area (Å²) >= 11 is 0. The minimum Gasteiger partial charge on any atom is -0.455 e. The van der Waals surface area contributed by atoms with Crippen molar-refractivity contribution < 1.29 is 4.42 Å². The second-order valence-corrected chi connectivity index (χ2v) is 13.0.